The van der Waals surface area contributed by atoms with Crippen molar-refractivity contribution in [3.05, 3.63) is 58.0 Å². The van der Waals surface area contributed by atoms with Gasteiger partial charge in [0.2, 0.25) is 5.43 Å². The van der Waals surface area contributed by atoms with Gasteiger partial charge in [-0.05, 0) is 18.6 Å². The lowest BCUT2D eigenvalue weighted by molar-refractivity contribution is -0.153. The van der Waals surface area contributed by atoms with Crippen molar-refractivity contribution in [3.63, 3.8) is 0 Å². The maximum Gasteiger partial charge on any atom is 0.408 e. The van der Waals surface area contributed by atoms with Crippen LogP contribution in [0.4, 0.5) is 27.8 Å². The number of alkyl halides is 3. The Morgan fingerprint density at radius 1 is 1.22 bits per heavy atom. The number of carbonyl (C=O) groups is 1. The number of aromatic nitrogens is 3. The number of halogens is 5. The number of aliphatic hydroxyl groups is 2. The third kappa shape index (κ3) is 4.73. The molecule has 0 aliphatic carbocycles. The normalized spacial score (nSPS) is 19.1. The Morgan fingerprint density at radius 2 is 1.89 bits per heavy atom. The molecule has 3 N–H and O–H groups in total. The molecular formula is C22H20F5N5O4. The zero-order chi connectivity index (χ0) is 26.4. The summed E-state index contributed by atoms with van der Waals surface area (Å²) in [4.78, 5) is 35.3. The number of carbonyl (C=O) groups excluding carboxylic acids is 1. The molecule has 36 heavy (non-hydrogen) atoms. The second-order valence-electron chi connectivity index (χ2n) is 8.26. The fourth-order valence-electron chi connectivity index (χ4n) is 3.89. The number of anilines is 1. The highest BCUT2D eigenvalue weighted by Crippen LogP contribution is 2.25. The SMILES string of the molecule is CC[C@@H](NC(=O)c1cn(-c2ncc(F)cc2F)c2nc(N3C[C@@H](O)[C@@H](O)C3)ccc2c1=O)C(F)(F)F. The monoisotopic (exact) mass is 513 g/mol. The van der Waals surface area contributed by atoms with Gasteiger partial charge in [-0.3, -0.25) is 14.2 Å². The Bertz CT molecular complexity index is 1370. The van der Waals surface area contributed by atoms with Crippen molar-refractivity contribution in [1.29, 1.82) is 0 Å². The molecule has 14 heteroatoms. The summed E-state index contributed by atoms with van der Waals surface area (Å²) in [5.74, 6) is -3.94. The van der Waals surface area contributed by atoms with E-state index in [0.717, 1.165) is 10.8 Å². The molecule has 0 saturated carbocycles. The summed E-state index contributed by atoms with van der Waals surface area (Å²) >= 11 is 0. The standard InChI is InChI=1S/C22H20F5N5O4/c1-2-16(22(25,26)27)29-21(36)12-7-32(20-13(24)5-10(23)6-28-20)19-11(18(12)35)3-4-17(30-19)31-8-14(33)15(34)9-31/h3-7,14-16,33-34H,2,8-9H2,1H3,(H,29,36)/t14-,15+,16-/m1/s1. The van der Waals surface area contributed by atoms with Gasteiger partial charge in [0.25, 0.3) is 5.91 Å². The summed E-state index contributed by atoms with van der Waals surface area (Å²) in [7, 11) is 0. The largest absolute Gasteiger partial charge is 0.408 e. The van der Waals surface area contributed by atoms with E-state index in [1.54, 1.807) is 5.32 Å². The number of β-amino-alcohol motifs (C(OH)–C–C–N with tert-alkyl or cyclic N) is 2. The molecule has 3 aromatic rings. The van der Waals surface area contributed by atoms with Gasteiger partial charge in [0.1, 0.15) is 23.2 Å². The van der Waals surface area contributed by atoms with Crippen LogP contribution < -0.4 is 15.6 Å². The second kappa shape index (κ2) is 9.43. The van der Waals surface area contributed by atoms with Crippen LogP contribution in [-0.2, 0) is 0 Å². The molecule has 192 valence electrons. The molecule has 1 fully saturated rings. The van der Waals surface area contributed by atoms with Gasteiger partial charge >= 0.3 is 6.18 Å². The summed E-state index contributed by atoms with van der Waals surface area (Å²) in [6.45, 7) is 1.21. The van der Waals surface area contributed by atoms with Crippen molar-refractivity contribution in [2.75, 3.05) is 18.0 Å². The van der Waals surface area contributed by atoms with E-state index in [2.05, 4.69) is 9.97 Å². The van der Waals surface area contributed by atoms with Gasteiger partial charge in [-0.2, -0.15) is 13.2 Å². The number of nitrogens with zero attached hydrogens (tertiary/aromatic N) is 4. The Balaban J connectivity index is 1.90. The Hall–Kier alpha value is -3.65. The van der Waals surface area contributed by atoms with E-state index < -0.39 is 65.2 Å². The highest BCUT2D eigenvalue weighted by molar-refractivity contribution is 5.97. The first-order chi connectivity index (χ1) is 16.9. The molecule has 1 saturated heterocycles. The lowest BCUT2D eigenvalue weighted by atomic mass is 10.1. The van der Waals surface area contributed by atoms with Crippen LogP contribution in [0.3, 0.4) is 0 Å². The van der Waals surface area contributed by atoms with E-state index >= 15 is 0 Å². The van der Waals surface area contributed by atoms with Crippen molar-refractivity contribution in [3.8, 4) is 5.82 Å². The van der Waals surface area contributed by atoms with E-state index in [1.165, 1.54) is 24.0 Å². The molecule has 0 aromatic carbocycles. The Kier molecular flexibility index (Phi) is 6.66. The molecule has 1 amide bonds. The van der Waals surface area contributed by atoms with E-state index in [9.17, 15) is 41.8 Å². The first kappa shape index (κ1) is 25.4. The molecule has 3 atom stereocenters. The predicted molar refractivity (Wildman–Crippen MR) is 117 cm³/mol. The molecule has 1 aliphatic rings. The summed E-state index contributed by atoms with van der Waals surface area (Å²) in [6, 6.07) is 0.842. The van der Waals surface area contributed by atoms with Crippen molar-refractivity contribution >= 4 is 22.8 Å². The van der Waals surface area contributed by atoms with Gasteiger partial charge in [-0.25, -0.2) is 18.7 Å². The number of pyridine rings is 3. The zero-order valence-electron chi connectivity index (χ0n) is 18.6. The van der Waals surface area contributed by atoms with Gasteiger partial charge < -0.3 is 20.4 Å². The molecular weight excluding hydrogens is 493 g/mol. The molecule has 0 radical (unpaired) electrons. The minimum Gasteiger partial charge on any atom is -0.389 e. The minimum atomic E-state index is -4.77. The predicted octanol–water partition coefficient (Wildman–Crippen LogP) is 1.67. The fraction of sp³-hybridized carbons (Fsp3) is 0.364. The molecule has 4 heterocycles. The van der Waals surface area contributed by atoms with Crippen LogP contribution >= 0.6 is 0 Å². The van der Waals surface area contributed by atoms with E-state index in [4.69, 9.17) is 0 Å². The number of rotatable bonds is 5. The van der Waals surface area contributed by atoms with Gasteiger partial charge in [0.05, 0.1) is 23.8 Å². The Morgan fingerprint density at radius 3 is 2.47 bits per heavy atom. The van der Waals surface area contributed by atoms with E-state index in [1.807, 2.05) is 0 Å². The van der Waals surface area contributed by atoms with E-state index in [-0.39, 0.29) is 29.9 Å². The van der Waals surface area contributed by atoms with Crippen molar-refractivity contribution < 1.29 is 37.0 Å². The third-order valence-corrected chi connectivity index (χ3v) is 5.79. The smallest absolute Gasteiger partial charge is 0.389 e. The topological polar surface area (TPSA) is 121 Å². The number of hydrogen-bond acceptors (Lipinski definition) is 7. The minimum absolute atomic E-state index is 0.00338. The summed E-state index contributed by atoms with van der Waals surface area (Å²) in [5.41, 5.74) is -1.94. The number of amides is 1. The maximum absolute atomic E-state index is 14.7. The van der Waals surface area contributed by atoms with Crippen LogP contribution in [-0.4, -0.2) is 68.2 Å². The van der Waals surface area contributed by atoms with Gasteiger partial charge in [-0.15, -0.1) is 0 Å². The lowest BCUT2D eigenvalue weighted by Gasteiger charge is -2.21. The quantitative estimate of drug-likeness (QED) is 0.444. The van der Waals surface area contributed by atoms with Crippen LogP contribution in [0.5, 0.6) is 0 Å². The van der Waals surface area contributed by atoms with Crippen LogP contribution in [0.2, 0.25) is 0 Å². The van der Waals surface area contributed by atoms with E-state index in [0.29, 0.717) is 12.3 Å². The average Bonchev–Trinajstić information content (AvgIpc) is 3.15. The number of fused-ring (bicyclic) bond motifs is 1. The Labute approximate surface area is 199 Å². The van der Waals surface area contributed by atoms with Gasteiger partial charge in [0, 0.05) is 25.4 Å². The number of aliphatic hydroxyl groups excluding tert-OH is 2. The second-order valence-corrected chi connectivity index (χ2v) is 8.26. The molecule has 3 aromatic heterocycles. The van der Waals surface area contributed by atoms with Gasteiger partial charge in [-0.1, -0.05) is 6.92 Å². The highest BCUT2D eigenvalue weighted by atomic mass is 19.4. The number of nitrogens with one attached hydrogen (secondary N) is 1. The van der Waals surface area contributed by atoms with Crippen LogP contribution in [0.1, 0.15) is 23.7 Å². The molecule has 0 spiro atoms. The fourth-order valence-corrected chi connectivity index (χ4v) is 3.89. The van der Waals surface area contributed by atoms with Crippen molar-refractivity contribution in [2.24, 2.45) is 0 Å². The third-order valence-electron chi connectivity index (χ3n) is 5.79. The molecule has 0 unspecified atom stereocenters. The summed E-state index contributed by atoms with van der Waals surface area (Å²) in [5, 5.41) is 21.2. The molecule has 4 rings (SSSR count). The van der Waals surface area contributed by atoms with Crippen LogP contribution in [0.25, 0.3) is 16.9 Å². The zero-order valence-corrected chi connectivity index (χ0v) is 18.6. The lowest BCUT2D eigenvalue weighted by Crippen LogP contribution is -2.46. The average molecular weight is 513 g/mol. The van der Waals surface area contributed by atoms with Crippen molar-refractivity contribution in [1.82, 2.24) is 19.9 Å². The van der Waals surface area contributed by atoms with Crippen LogP contribution in [0, 0.1) is 11.6 Å². The first-order valence-corrected chi connectivity index (χ1v) is 10.8. The molecule has 1 aliphatic heterocycles. The highest BCUT2D eigenvalue weighted by Gasteiger charge is 2.40. The molecule has 0 bridgehead atoms. The number of hydrogen-bond donors (Lipinski definition) is 3. The summed E-state index contributed by atoms with van der Waals surface area (Å²) in [6.07, 6.45) is -5.93. The van der Waals surface area contributed by atoms with Crippen molar-refractivity contribution in [2.45, 2.75) is 37.8 Å². The molecule has 9 nitrogen and oxygen atoms in total. The summed E-state index contributed by atoms with van der Waals surface area (Å²) < 4.78 is 68.6. The van der Waals surface area contributed by atoms with Gasteiger partial charge in [0.15, 0.2) is 17.3 Å². The van der Waals surface area contributed by atoms with Crippen LogP contribution in [0.15, 0.2) is 35.4 Å². The maximum atomic E-state index is 14.7. The first-order valence-electron chi connectivity index (χ1n) is 10.8.